The number of fused-ring (bicyclic) bond motifs is 4. The lowest BCUT2D eigenvalue weighted by Gasteiger charge is -2.30. The number of rotatable bonds is 1. The van der Waals surface area contributed by atoms with Gasteiger partial charge in [0.15, 0.2) is 0 Å². The van der Waals surface area contributed by atoms with Crippen molar-refractivity contribution in [3.05, 3.63) is 149 Å². The molecule has 8 rings (SSSR count). The normalized spacial score (nSPS) is 16.8. The Morgan fingerprint density at radius 2 is 0.922 bits per heavy atom. The maximum Gasteiger partial charge on any atom is 0.409 e. The molecule has 0 aromatic heterocycles. The number of halogens is 4. The first kappa shape index (κ1) is 36.1. The van der Waals surface area contributed by atoms with E-state index in [-0.39, 0.29) is 6.09 Å². The van der Waals surface area contributed by atoms with E-state index in [4.69, 9.17) is 51.1 Å². The third kappa shape index (κ3) is 8.06. The number of ether oxygens (including phenoxy) is 1. The molecule has 0 bridgehead atoms. The average molecular weight is 761 g/mol. The Hall–Kier alpha value is -3.25. The molecule has 2 aliphatic carbocycles. The molecule has 51 heavy (non-hydrogen) atoms. The highest BCUT2D eigenvalue weighted by Gasteiger charge is 2.27. The van der Waals surface area contributed by atoms with Gasteiger partial charge in [0.05, 0.1) is 6.61 Å². The van der Waals surface area contributed by atoms with Crippen molar-refractivity contribution in [1.82, 2.24) is 10.2 Å². The fourth-order valence-electron chi connectivity index (χ4n) is 8.05. The molecule has 0 atom stereocenters. The number of aryl methyl sites for hydroxylation is 4. The van der Waals surface area contributed by atoms with Crippen LogP contribution in [0.4, 0.5) is 4.79 Å². The first-order valence-corrected chi connectivity index (χ1v) is 19.5. The number of carbonyl (C=O) groups is 1. The Balaban J connectivity index is 0.000000162. The second-order valence-corrected chi connectivity index (χ2v) is 15.3. The molecule has 0 radical (unpaired) electrons. The van der Waals surface area contributed by atoms with Crippen LogP contribution in [0, 0.1) is 0 Å². The zero-order chi connectivity index (χ0) is 35.5. The standard InChI is InChI=1S/C23H23Cl2NO2.C20H19Cl2N/c1-2-28-23(27)26-11-9-15(10-12-26)22-20-7-5-18(24)13-16(20)3-4-17-14-19(25)6-8-21(17)22;21-16-3-5-18-14(11-16)1-2-15-12-17(22)4-6-19(15)20(18)13-7-9-23-10-8-13/h5-8,13-14H,2-4,9-12H2,1H3;3-6,11-12,23H,1-2,7-10H2. The van der Waals surface area contributed by atoms with E-state index >= 15 is 0 Å². The van der Waals surface area contributed by atoms with E-state index in [1.807, 2.05) is 31.2 Å². The van der Waals surface area contributed by atoms with Crippen molar-refractivity contribution < 1.29 is 9.53 Å². The van der Waals surface area contributed by atoms with Crippen LogP contribution in [0.5, 0.6) is 0 Å². The molecule has 2 heterocycles. The fourth-order valence-corrected chi connectivity index (χ4v) is 8.82. The van der Waals surface area contributed by atoms with Gasteiger partial charge in [-0.2, -0.15) is 0 Å². The molecule has 2 saturated heterocycles. The third-order valence-corrected chi connectivity index (χ3v) is 11.4. The number of nitrogens with zero attached hydrogens (tertiary/aromatic N) is 1. The van der Waals surface area contributed by atoms with Gasteiger partial charge in [0, 0.05) is 33.2 Å². The first-order valence-electron chi connectivity index (χ1n) is 18.0. The summed E-state index contributed by atoms with van der Waals surface area (Å²) < 4.78 is 5.16. The average Bonchev–Trinajstić information content (AvgIpc) is 3.39. The Morgan fingerprint density at radius 1 is 0.569 bits per heavy atom. The molecule has 1 N–H and O–H groups in total. The molecular weight excluding hydrogens is 718 g/mol. The van der Waals surface area contributed by atoms with Gasteiger partial charge in [-0.3, -0.25) is 0 Å². The van der Waals surface area contributed by atoms with Crippen LogP contribution < -0.4 is 5.32 Å². The molecule has 4 aromatic rings. The van der Waals surface area contributed by atoms with Crippen molar-refractivity contribution in [2.75, 3.05) is 32.8 Å². The van der Waals surface area contributed by atoms with Crippen LogP contribution in [0.3, 0.4) is 0 Å². The minimum atomic E-state index is -0.216. The Kier molecular flexibility index (Phi) is 11.5. The van der Waals surface area contributed by atoms with Crippen LogP contribution in [0.2, 0.25) is 20.1 Å². The lowest BCUT2D eigenvalue weighted by molar-refractivity contribution is 0.104. The quantitative estimate of drug-likeness (QED) is 0.210. The number of carbonyl (C=O) groups excluding carboxylic acids is 1. The van der Waals surface area contributed by atoms with E-state index in [2.05, 4.69) is 53.8 Å². The van der Waals surface area contributed by atoms with Gasteiger partial charge in [-0.15, -0.1) is 0 Å². The van der Waals surface area contributed by atoms with E-state index in [1.54, 1.807) is 10.5 Å². The molecule has 8 heteroatoms. The highest BCUT2D eigenvalue weighted by atomic mass is 35.5. The molecule has 0 unspecified atom stereocenters. The molecule has 2 fully saturated rings. The molecule has 4 nitrogen and oxygen atoms in total. The predicted octanol–water partition coefficient (Wildman–Crippen LogP) is 11.4. The van der Waals surface area contributed by atoms with Gasteiger partial charge in [-0.1, -0.05) is 81.8 Å². The van der Waals surface area contributed by atoms with Crippen molar-refractivity contribution in [3.63, 3.8) is 0 Å². The summed E-state index contributed by atoms with van der Waals surface area (Å²) in [6.07, 6.45) is 7.60. The van der Waals surface area contributed by atoms with Gasteiger partial charge in [0.1, 0.15) is 0 Å². The lowest BCUT2D eigenvalue weighted by atomic mass is 9.86. The largest absolute Gasteiger partial charge is 0.450 e. The molecule has 0 saturated carbocycles. The molecule has 0 spiro atoms. The predicted molar refractivity (Wildman–Crippen MR) is 213 cm³/mol. The number of benzene rings is 4. The summed E-state index contributed by atoms with van der Waals surface area (Å²) in [4.78, 5) is 13.9. The van der Waals surface area contributed by atoms with E-state index in [0.717, 1.165) is 84.5 Å². The van der Waals surface area contributed by atoms with Gasteiger partial charge >= 0.3 is 6.09 Å². The Bertz CT molecular complexity index is 1910. The van der Waals surface area contributed by atoms with Crippen molar-refractivity contribution >= 4 is 63.6 Å². The summed E-state index contributed by atoms with van der Waals surface area (Å²) >= 11 is 25.1. The SMILES string of the molecule is CCOC(=O)N1CCC(=C2c3ccc(Cl)cc3CCc3cc(Cl)ccc32)CC1.Clc1ccc2c(c1)CCc1cc(Cl)ccc1C2=C1CCNCC1. The van der Waals surface area contributed by atoms with Crippen LogP contribution in [-0.2, 0) is 30.4 Å². The highest BCUT2D eigenvalue weighted by molar-refractivity contribution is 6.31. The minimum absolute atomic E-state index is 0.216. The van der Waals surface area contributed by atoms with Gasteiger partial charge in [-0.05, 0) is 176 Å². The summed E-state index contributed by atoms with van der Waals surface area (Å²) in [6, 6.07) is 25.1. The summed E-state index contributed by atoms with van der Waals surface area (Å²) in [5, 5.41) is 6.64. The molecule has 2 aliphatic heterocycles. The van der Waals surface area contributed by atoms with Crippen molar-refractivity contribution in [2.24, 2.45) is 0 Å². The Labute approximate surface area is 321 Å². The second-order valence-electron chi connectivity index (χ2n) is 13.6. The number of piperidine rings is 2. The van der Waals surface area contributed by atoms with Crippen LogP contribution in [0.25, 0.3) is 11.1 Å². The smallest absolute Gasteiger partial charge is 0.409 e. The molecule has 1 amide bonds. The summed E-state index contributed by atoms with van der Waals surface area (Å²) in [5.74, 6) is 0. The molecule has 264 valence electrons. The third-order valence-electron chi connectivity index (χ3n) is 10.5. The fraction of sp³-hybridized carbons (Fsp3) is 0.326. The van der Waals surface area contributed by atoms with Crippen molar-refractivity contribution in [2.45, 2.75) is 58.3 Å². The zero-order valence-electron chi connectivity index (χ0n) is 28.9. The van der Waals surface area contributed by atoms with Gasteiger partial charge in [0.25, 0.3) is 0 Å². The van der Waals surface area contributed by atoms with Gasteiger partial charge in [0.2, 0.25) is 0 Å². The zero-order valence-corrected chi connectivity index (χ0v) is 31.9. The highest BCUT2D eigenvalue weighted by Crippen LogP contribution is 2.41. The summed E-state index contributed by atoms with van der Waals surface area (Å²) in [5.41, 5.74) is 16.1. The topological polar surface area (TPSA) is 41.6 Å². The maximum absolute atomic E-state index is 12.1. The first-order chi connectivity index (χ1) is 24.8. The summed E-state index contributed by atoms with van der Waals surface area (Å²) in [7, 11) is 0. The second kappa shape index (κ2) is 16.2. The number of likely N-dealkylation sites (tertiary alicyclic amines) is 1. The lowest BCUT2D eigenvalue weighted by Crippen LogP contribution is -2.37. The van der Waals surface area contributed by atoms with Gasteiger partial charge < -0.3 is 15.0 Å². The monoisotopic (exact) mass is 758 g/mol. The van der Waals surface area contributed by atoms with Crippen molar-refractivity contribution in [3.8, 4) is 0 Å². The summed E-state index contributed by atoms with van der Waals surface area (Å²) in [6.45, 7) is 5.73. The molecular formula is C43H42Cl4N2O2. The number of hydrogen-bond acceptors (Lipinski definition) is 3. The maximum atomic E-state index is 12.1. The van der Waals surface area contributed by atoms with E-state index in [0.29, 0.717) is 19.7 Å². The number of nitrogens with one attached hydrogen (secondary N) is 1. The van der Waals surface area contributed by atoms with Gasteiger partial charge in [-0.25, -0.2) is 4.79 Å². The number of hydrogen-bond donors (Lipinski definition) is 1. The van der Waals surface area contributed by atoms with Crippen LogP contribution in [0.15, 0.2) is 83.9 Å². The van der Waals surface area contributed by atoms with Crippen LogP contribution in [0.1, 0.15) is 77.1 Å². The van der Waals surface area contributed by atoms with E-state index < -0.39 is 0 Å². The van der Waals surface area contributed by atoms with E-state index in [1.165, 1.54) is 61.2 Å². The van der Waals surface area contributed by atoms with Crippen molar-refractivity contribution in [1.29, 1.82) is 0 Å². The Morgan fingerprint density at radius 3 is 1.27 bits per heavy atom. The van der Waals surface area contributed by atoms with E-state index in [9.17, 15) is 4.79 Å². The van der Waals surface area contributed by atoms with Crippen LogP contribution >= 0.6 is 46.4 Å². The molecule has 4 aliphatic rings. The number of amides is 1. The van der Waals surface area contributed by atoms with Crippen LogP contribution in [-0.4, -0.2) is 43.8 Å². The molecule has 4 aromatic carbocycles. The minimum Gasteiger partial charge on any atom is -0.450 e.